The van der Waals surface area contributed by atoms with E-state index in [-0.39, 0.29) is 0 Å². The molecule has 0 amide bonds. The molecule has 0 saturated carbocycles. The van der Waals surface area contributed by atoms with Crippen LogP contribution in [0, 0.1) is 0 Å². The molecule has 4 nitrogen and oxygen atoms in total. The van der Waals surface area contributed by atoms with Crippen molar-refractivity contribution in [3.8, 4) is 0 Å². The molecule has 4 heteroatoms. The number of hydrogen-bond acceptors (Lipinski definition) is 4. The Bertz CT molecular complexity index is 5380. The number of nitrogens with zero attached hydrogens (tertiary/aromatic N) is 4. The van der Waals surface area contributed by atoms with E-state index >= 15 is 0 Å². The van der Waals surface area contributed by atoms with Crippen LogP contribution in [-0.2, 0) is 0 Å². The summed E-state index contributed by atoms with van der Waals surface area (Å²) < 4.78 is 0. The van der Waals surface area contributed by atoms with Crippen molar-refractivity contribution < 1.29 is 0 Å². The van der Waals surface area contributed by atoms with Gasteiger partial charge in [-0.25, -0.2) is 0 Å². The first-order valence-electron chi connectivity index (χ1n) is 31.0. The standard InChI is InChI=1S/C86H56N4/c1-5-33-63(34-6-1)87(67-51-49-57-25-13-15-29-61(57)53-67)85-73-45-23-43-71-80(90(66-39-11-4-12-40-66)78-48-22-32-60-28-18-20-42-70(60)78)56-76-84(81(71)73)83-75(85)55-79(89(65-37-9-3-10-38-65)77-47-21-31-59-27-17-19-41-69(59)77)72-44-24-46-74(82(72)83)86(76)88(64-35-7-2-8-36-64)68-52-50-58-26-14-16-30-62(58)54-68/h1-56H. The van der Waals surface area contributed by atoms with Gasteiger partial charge in [0.25, 0.3) is 0 Å². The maximum absolute atomic E-state index is 2.55. The Morgan fingerprint density at radius 1 is 0.144 bits per heavy atom. The van der Waals surface area contributed by atoms with Gasteiger partial charge in [-0.05, 0) is 129 Å². The fraction of sp³-hybridized carbons (Fsp3) is 0. The Hall–Kier alpha value is -12.0. The lowest BCUT2D eigenvalue weighted by molar-refractivity contribution is 1.30. The SMILES string of the molecule is c1ccc(N(c2cccc3ccccc23)c2cc3c(N(c4ccccc4)c4ccc5ccccc5c4)c4cccc5c(N(c6ccccc6)c6cccc7ccccc67)cc6c(N(c7ccccc7)c7ccc8ccccc8c7)c7cccc2c7c3c6c54)cc1. The Kier molecular flexibility index (Phi) is 11.9. The van der Waals surface area contributed by atoms with Crippen LogP contribution < -0.4 is 19.6 Å². The molecule has 0 atom stereocenters. The molecule has 18 rings (SSSR count). The van der Waals surface area contributed by atoms with Gasteiger partial charge in [0.1, 0.15) is 0 Å². The number of hydrogen-bond donors (Lipinski definition) is 0. The summed E-state index contributed by atoms with van der Waals surface area (Å²) in [5.74, 6) is 0. The summed E-state index contributed by atoms with van der Waals surface area (Å²) in [7, 11) is 0. The average Bonchev–Trinajstić information content (AvgIpc) is 0.678. The highest BCUT2D eigenvalue weighted by atomic mass is 15.2. The van der Waals surface area contributed by atoms with E-state index in [9.17, 15) is 0 Å². The van der Waals surface area contributed by atoms with Crippen molar-refractivity contribution in [2.24, 2.45) is 0 Å². The van der Waals surface area contributed by atoms with Crippen molar-refractivity contribution in [1.82, 2.24) is 0 Å². The Labute approximate surface area is 521 Å². The van der Waals surface area contributed by atoms with Crippen LogP contribution in [0.15, 0.2) is 340 Å². The quantitative estimate of drug-likeness (QED) is 0.0893. The first kappa shape index (κ1) is 51.3. The first-order chi connectivity index (χ1) is 44.7. The summed E-state index contributed by atoms with van der Waals surface area (Å²) in [6.07, 6.45) is 0. The molecular formula is C86H56N4. The average molecular weight is 1150 g/mol. The van der Waals surface area contributed by atoms with Crippen LogP contribution in [0.5, 0.6) is 0 Å². The third kappa shape index (κ3) is 8.09. The van der Waals surface area contributed by atoms with Crippen LogP contribution in [0.3, 0.4) is 0 Å². The second kappa shape index (κ2) is 20.9. The number of benzene rings is 18. The summed E-state index contributed by atoms with van der Waals surface area (Å²) in [6.45, 7) is 0. The fourth-order valence-corrected chi connectivity index (χ4v) is 14.7. The number of anilines is 12. The minimum atomic E-state index is 1.06. The molecule has 0 unspecified atom stereocenters. The van der Waals surface area contributed by atoms with Crippen molar-refractivity contribution >= 4 is 165 Å². The predicted octanol–water partition coefficient (Wildman–Crippen LogP) is 24.8. The Morgan fingerprint density at radius 3 is 0.844 bits per heavy atom. The van der Waals surface area contributed by atoms with E-state index in [0.29, 0.717) is 0 Å². The van der Waals surface area contributed by atoms with Gasteiger partial charge in [0.05, 0.1) is 34.1 Å². The summed E-state index contributed by atoms with van der Waals surface area (Å²) >= 11 is 0. The minimum Gasteiger partial charge on any atom is -0.309 e. The highest BCUT2D eigenvalue weighted by Crippen LogP contribution is 2.60. The van der Waals surface area contributed by atoms with Gasteiger partial charge in [-0.3, -0.25) is 0 Å². The van der Waals surface area contributed by atoms with Gasteiger partial charge in [-0.1, -0.05) is 243 Å². The van der Waals surface area contributed by atoms with E-state index in [1.54, 1.807) is 0 Å². The van der Waals surface area contributed by atoms with Crippen LogP contribution in [0.4, 0.5) is 68.2 Å². The molecule has 0 N–H and O–H groups in total. The third-order valence-electron chi connectivity index (χ3n) is 18.5. The highest BCUT2D eigenvalue weighted by molar-refractivity contribution is 6.45. The van der Waals surface area contributed by atoms with E-state index in [2.05, 4.69) is 359 Å². The van der Waals surface area contributed by atoms with E-state index < -0.39 is 0 Å². The molecule has 18 aromatic rings. The third-order valence-corrected chi connectivity index (χ3v) is 18.5. The zero-order valence-corrected chi connectivity index (χ0v) is 49.1. The molecule has 18 aromatic carbocycles. The molecule has 0 aliphatic carbocycles. The number of fused-ring (bicyclic) bond motifs is 4. The van der Waals surface area contributed by atoms with Gasteiger partial charge in [0, 0.05) is 98.8 Å². The second-order valence-corrected chi connectivity index (χ2v) is 23.5. The second-order valence-electron chi connectivity index (χ2n) is 23.5. The molecule has 0 spiro atoms. The van der Waals surface area contributed by atoms with Crippen molar-refractivity contribution in [2.75, 3.05) is 19.6 Å². The lowest BCUT2D eigenvalue weighted by atomic mass is 9.82. The Balaban J connectivity index is 1.09. The summed E-state index contributed by atoms with van der Waals surface area (Å²) in [6, 6.07) is 126. The lowest BCUT2D eigenvalue weighted by Crippen LogP contribution is -2.16. The molecular weight excluding hydrogens is 1090 g/mol. The monoisotopic (exact) mass is 1140 g/mol. The molecule has 0 aliphatic heterocycles. The van der Waals surface area contributed by atoms with Crippen LogP contribution in [0.25, 0.3) is 97.0 Å². The normalized spacial score (nSPS) is 11.8. The van der Waals surface area contributed by atoms with Crippen molar-refractivity contribution in [3.63, 3.8) is 0 Å². The molecule has 0 bridgehead atoms. The van der Waals surface area contributed by atoms with Gasteiger partial charge < -0.3 is 19.6 Å². The summed E-state index contributed by atoms with van der Waals surface area (Å²) in [5.41, 5.74) is 13.0. The highest BCUT2D eigenvalue weighted by Gasteiger charge is 2.33. The van der Waals surface area contributed by atoms with E-state index in [1.807, 2.05) is 0 Å². The van der Waals surface area contributed by atoms with Gasteiger partial charge in [0.15, 0.2) is 0 Å². The van der Waals surface area contributed by atoms with E-state index in [1.165, 1.54) is 64.6 Å². The van der Waals surface area contributed by atoms with Crippen LogP contribution in [0.1, 0.15) is 0 Å². The van der Waals surface area contributed by atoms with Crippen LogP contribution in [-0.4, -0.2) is 0 Å². The summed E-state index contributed by atoms with van der Waals surface area (Å²) in [5, 5.41) is 21.1. The first-order valence-corrected chi connectivity index (χ1v) is 31.0. The van der Waals surface area contributed by atoms with E-state index in [0.717, 1.165) is 101 Å². The molecule has 0 saturated heterocycles. The molecule has 0 fully saturated rings. The molecule has 90 heavy (non-hydrogen) atoms. The maximum Gasteiger partial charge on any atom is 0.0620 e. The molecule has 420 valence electrons. The summed E-state index contributed by atoms with van der Waals surface area (Å²) in [4.78, 5) is 10.2. The maximum atomic E-state index is 2.55. The molecule has 0 aliphatic rings. The minimum absolute atomic E-state index is 1.06. The smallest absolute Gasteiger partial charge is 0.0620 e. The Morgan fingerprint density at radius 2 is 0.444 bits per heavy atom. The van der Waals surface area contributed by atoms with Crippen LogP contribution >= 0.6 is 0 Å². The van der Waals surface area contributed by atoms with Gasteiger partial charge >= 0.3 is 0 Å². The van der Waals surface area contributed by atoms with Crippen molar-refractivity contribution in [3.05, 3.63) is 340 Å². The molecule has 0 aromatic heterocycles. The van der Waals surface area contributed by atoms with E-state index in [4.69, 9.17) is 0 Å². The number of rotatable bonds is 12. The lowest BCUT2D eigenvalue weighted by Gasteiger charge is -2.36. The molecule has 0 heterocycles. The van der Waals surface area contributed by atoms with Gasteiger partial charge in [0.2, 0.25) is 0 Å². The zero-order valence-electron chi connectivity index (χ0n) is 49.1. The number of para-hydroxylation sites is 4. The molecule has 0 radical (unpaired) electrons. The predicted molar refractivity (Wildman–Crippen MR) is 385 cm³/mol. The zero-order chi connectivity index (χ0) is 59.2. The topological polar surface area (TPSA) is 13.0 Å². The van der Waals surface area contributed by atoms with Gasteiger partial charge in [-0.2, -0.15) is 0 Å². The van der Waals surface area contributed by atoms with Crippen molar-refractivity contribution in [1.29, 1.82) is 0 Å². The van der Waals surface area contributed by atoms with Gasteiger partial charge in [-0.15, -0.1) is 0 Å². The largest absolute Gasteiger partial charge is 0.309 e. The fourth-order valence-electron chi connectivity index (χ4n) is 14.7. The van der Waals surface area contributed by atoms with Crippen LogP contribution in [0.2, 0.25) is 0 Å². The van der Waals surface area contributed by atoms with Crippen molar-refractivity contribution in [2.45, 2.75) is 0 Å².